The van der Waals surface area contributed by atoms with Crippen LogP contribution in [0.4, 0.5) is 15.9 Å². The minimum Gasteiger partial charge on any atom is -0.326 e. The molecule has 6 nitrogen and oxygen atoms in total. The van der Waals surface area contributed by atoms with Gasteiger partial charge in [-0.25, -0.2) is 9.07 Å². The fourth-order valence-electron chi connectivity index (χ4n) is 3.31. The number of aromatic nitrogens is 2. The molecule has 3 aromatic rings. The molecule has 2 aromatic carbocycles. The van der Waals surface area contributed by atoms with Gasteiger partial charge in [-0.2, -0.15) is 5.10 Å². The fourth-order valence-corrected chi connectivity index (χ4v) is 3.60. The van der Waals surface area contributed by atoms with E-state index in [1.807, 2.05) is 0 Å². The lowest BCUT2D eigenvalue weighted by Crippen LogP contribution is -2.23. The van der Waals surface area contributed by atoms with Gasteiger partial charge in [-0.15, -0.1) is 0 Å². The molecule has 2 heterocycles. The number of hydrogen-bond acceptors (Lipinski definition) is 3. The summed E-state index contributed by atoms with van der Waals surface area (Å²) in [7, 11) is 0. The molecule has 4 rings (SSSR count). The summed E-state index contributed by atoms with van der Waals surface area (Å²) in [6.07, 6.45) is -0.108. The van der Waals surface area contributed by atoms with Crippen molar-refractivity contribution in [2.75, 3.05) is 10.6 Å². The van der Waals surface area contributed by atoms with E-state index in [4.69, 9.17) is 23.2 Å². The predicted molar refractivity (Wildman–Crippen MR) is 110 cm³/mol. The summed E-state index contributed by atoms with van der Waals surface area (Å²) >= 11 is 11.8. The van der Waals surface area contributed by atoms with E-state index in [0.29, 0.717) is 32.8 Å². The molecule has 2 N–H and O–H groups in total. The lowest BCUT2D eigenvalue weighted by Gasteiger charge is -2.10. The van der Waals surface area contributed by atoms with Gasteiger partial charge >= 0.3 is 0 Å². The van der Waals surface area contributed by atoms with Gasteiger partial charge in [-0.1, -0.05) is 35.3 Å². The average Bonchev–Trinajstić information content (AvgIpc) is 3.13. The van der Waals surface area contributed by atoms with Gasteiger partial charge in [0.2, 0.25) is 5.91 Å². The Morgan fingerprint density at radius 2 is 1.93 bits per heavy atom. The highest BCUT2D eigenvalue weighted by molar-refractivity contribution is 6.42. The van der Waals surface area contributed by atoms with E-state index in [0.717, 1.165) is 5.56 Å². The smallest absolute Gasteiger partial charge is 0.251 e. The summed E-state index contributed by atoms with van der Waals surface area (Å²) in [5, 5.41) is 10.6. The summed E-state index contributed by atoms with van der Waals surface area (Å²) in [6, 6.07) is 9.87. The van der Waals surface area contributed by atoms with E-state index < -0.39 is 6.04 Å². The Balaban J connectivity index is 1.57. The molecule has 0 fully saturated rings. The van der Waals surface area contributed by atoms with Crippen LogP contribution in [-0.4, -0.2) is 21.6 Å². The van der Waals surface area contributed by atoms with Crippen LogP contribution in [0, 0.1) is 12.7 Å². The highest BCUT2D eigenvalue weighted by Crippen LogP contribution is 2.38. The van der Waals surface area contributed by atoms with Gasteiger partial charge in [0, 0.05) is 11.3 Å². The number of halogens is 3. The van der Waals surface area contributed by atoms with Crippen LogP contribution in [0.3, 0.4) is 0 Å². The van der Waals surface area contributed by atoms with Gasteiger partial charge in [0.05, 0.1) is 22.2 Å². The fraction of sp³-hybridized carbons (Fsp3) is 0.150. The van der Waals surface area contributed by atoms with Gasteiger partial charge in [0.1, 0.15) is 17.7 Å². The zero-order valence-electron chi connectivity index (χ0n) is 15.2. The third-order valence-electron chi connectivity index (χ3n) is 4.64. The Morgan fingerprint density at radius 3 is 2.62 bits per heavy atom. The number of nitrogens with zero attached hydrogens (tertiary/aromatic N) is 2. The SMILES string of the molecule is Cc1nn2c(c1-c1ccc(F)cc1)NC(=O)C2CC(=O)Nc1ccc(Cl)c(Cl)c1. The Labute approximate surface area is 175 Å². The first-order valence-electron chi connectivity index (χ1n) is 8.74. The standard InChI is InChI=1S/C20H15Cl2FN4O2/c1-10-18(11-2-4-12(23)5-3-11)19-25-20(29)16(27(19)26-10)9-17(28)24-13-6-7-14(21)15(22)8-13/h2-8,16H,9H2,1H3,(H,24,28)(H,25,29). The van der Waals surface area contributed by atoms with Crippen molar-refractivity contribution in [1.82, 2.24) is 9.78 Å². The quantitative estimate of drug-likeness (QED) is 0.619. The lowest BCUT2D eigenvalue weighted by molar-refractivity contribution is -0.123. The number of benzene rings is 2. The van der Waals surface area contributed by atoms with Crippen LogP contribution in [0.15, 0.2) is 42.5 Å². The zero-order chi connectivity index (χ0) is 20.7. The second-order valence-corrected chi connectivity index (χ2v) is 7.46. The third-order valence-corrected chi connectivity index (χ3v) is 5.38. The summed E-state index contributed by atoms with van der Waals surface area (Å²) in [5.41, 5.74) is 2.57. The maximum absolute atomic E-state index is 13.2. The Kier molecular flexibility index (Phi) is 5.02. The van der Waals surface area contributed by atoms with E-state index in [1.54, 1.807) is 31.2 Å². The predicted octanol–water partition coefficient (Wildman–Crippen LogP) is 4.83. The maximum Gasteiger partial charge on any atom is 0.251 e. The molecule has 9 heteroatoms. The average molecular weight is 433 g/mol. The van der Waals surface area contributed by atoms with Crippen molar-refractivity contribution in [2.45, 2.75) is 19.4 Å². The number of anilines is 2. The van der Waals surface area contributed by atoms with Crippen LogP contribution in [-0.2, 0) is 9.59 Å². The van der Waals surface area contributed by atoms with E-state index in [2.05, 4.69) is 15.7 Å². The molecule has 1 aromatic heterocycles. The second kappa shape index (κ2) is 7.50. The van der Waals surface area contributed by atoms with Gasteiger partial charge in [0.15, 0.2) is 0 Å². The molecule has 0 saturated heterocycles. The Morgan fingerprint density at radius 1 is 1.21 bits per heavy atom. The second-order valence-electron chi connectivity index (χ2n) is 6.65. The number of nitrogens with one attached hydrogen (secondary N) is 2. The number of amides is 2. The van der Waals surface area contributed by atoms with Gasteiger partial charge in [0.25, 0.3) is 5.91 Å². The normalized spacial score (nSPS) is 15.2. The molecule has 1 atom stereocenters. The highest BCUT2D eigenvalue weighted by atomic mass is 35.5. The molecule has 2 amide bonds. The van der Waals surface area contributed by atoms with Gasteiger partial charge in [-0.05, 0) is 42.8 Å². The van der Waals surface area contributed by atoms with E-state index in [-0.39, 0.29) is 24.1 Å². The van der Waals surface area contributed by atoms with Crippen LogP contribution in [0.5, 0.6) is 0 Å². The number of fused-ring (bicyclic) bond motifs is 1. The van der Waals surface area contributed by atoms with Crippen molar-refractivity contribution in [3.05, 3.63) is 64.0 Å². The van der Waals surface area contributed by atoms with Crippen molar-refractivity contribution in [3.63, 3.8) is 0 Å². The first kappa shape index (κ1) is 19.4. The van der Waals surface area contributed by atoms with E-state index >= 15 is 0 Å². The van der Waals surface area contributed by atoms with Crippen LogP contribution in [0.25, 0.3) is 11.1 Å². The molecule has 29 heavy (non-hydrogen) atoms. The highest BCUT2D eigenvalue weighted by Gasteiger charge is 2.36. The van der Waals surface area contributed by atoms with Crippen LogP contribution in [0.1, 0.15) is 18.2 Å². The molecule has 1 aliphatic rings. The Hall–Kier alpha value is -2.90. The topological polar surface area (TPSA) is 76.0 Å². The summed E-state index contributed by atoms with van der Waals surface area (Å²) in [6.45, 7) is 1.79. The number of hydrogen-bond donors (Lipinski definition) is 2. The van der Waals surface area contributed by atoms with E-state index in [9.17, 15) is 14.0 Å². The van der Waals surface area contributed by atoms with Crippen molar-refractivity contribution < 1.29 is 14.0 Å². The molecule has 148 valence electrons. The minimum atomic E-state index is -0.791. The maximum atomic E-state index is 13.2. The number of carbonyl (C=O) groups excluding carboxylic acids is 2. The first-order chi connectivity index (χ1) is 13.8. The number of rotatable bonds is 4. The molecule has 0 aliphatic carbocycles. The van der Waals surface area contributed by atoms with Crippen LogP contribution >= 0.6 is 23.2 Å². The van der Waals surface area contributed by atoms with Crippen molar-refractivity contribution in [1.29, 1.82) is 0 Å². The first-order valence-corrected chi connectivity index (χ1v) is 9.50. The molecular formula is C20H15Cl2FN4O2. The van der Waals surface area contributed by atoms with Gasteiger partial charge in [-0.3, -0.25) is 9.59 Å². The molecule has 1 unspecified atom stereocenters. The molecule has 1 aliphatic heterocycles. The summed E-state index contributed by atoms with van der Waals surface area (Å²) in [5.74, 6) is -0.560. The number of aryl methyl sites for hydroxylation is 1. The molecule has 0 saturated carbocycles. The monoisotopic (exact) mass is 432 g/mol. The van der Waals surface area contributed by atoms with Crippen LogP contribution < -0.4 is 10.6 Å². The summed E-state index contributed by atoms with van der Waals surface area (Å²) < 4.78 is 14.8. The van der Waals surface area contributed by atoms with Crippen LogP contribution in [0.2, 0.25) is 10.0 Å². The molecule has 0 radical (unpaired) electrons. The largest absolute Gasteiger partial charge is 0.326 e. The zero-order valence-corrected chi connectivity index (χ0v) is 16.7. The minimum absolute atomic E-state index is 0.108. The third kappa shape index (κ3) is 3.71. The van der Waals surface area contributed by atoms with Crippen molar-refractivity contribution in [3.8, 4) is 11.1 Å². The van der Waals surface area contributed by atoms with Gasteiger partial charge < -0.3 is 10.6 Å². The number of carbonyl (C=O) groups is 2. The summed E-state index contributed by atoms with van der Waals surface area (Å²) in [4.78, 5) is 24.9. The van der Waals surface area contributed by atoms with E-state index in [1.165, 1.54) is 22.9 Å². The Bertz CT molecular complexity index is 1130. The molecular weight excluding hydrogens is 418 g/mol. The molecule has 0 bridgehead atoms. The van der Waals surface area contributed by atoms with Crippen molar-refractivity contribution >= 4 is 46.5 Å². The van der Waals surface area contributed by atoms with Crippen molar-refractivity contribution in [2.24, 2.45) is 0 Å². The lowest BCUT2D eigenvalue weighted by atomic mass is 10.1. The molecule has 0 spiro atoms.